The molecule has 0 saturated carbocycles. The summed E-state index contributed by atoms with van der Waals surface area (Å²) in [6.07, 6.45) is 4.71. The first kappa shape index (κ1) is 21.9. The van der Waals surface area contributed by atoms with Crippen molar-refractivity contribution < 1.29 is 23.8 Å². The van der Waals surface area contributed by atoms with E-state index in [2.05, 4.69) is 5.32 Å². The van der Waals surface area contributed by atoms with Gasteiger partial charge in [-0.3, -0.25) is 4.79 Å². The van der Waals surface area contributed by atoms with Crippen molar-refractivity contribution in [3.8, 4) is 17.6 Å². The SMILES string of the molecule is COc1cc(/C=C/C(=O)OCC(=O)Nc2ccc(SC)cc2)ccc1OCC#N. The number of anilines is 1. The molecule has 2 aromatic rings. The number of thioether (sulfide) groups is 1. The van der Waals surface area contributed by atoms with Gasteiger partial charge in [-0.05, 0) is 54.3 Å². The third-order valence-corrected chi connectivity index (χ3v) is 4.35. The smallest absolute Gasteiger partial charge is 0.331 e. The number of methoxy groups -OCH3 is 1. The molecule has 0 unspecified atom stereocenters. The Labute approximate surface area is 173 Å². The number of nitrogens with one attached hydrogen (secondary N) is 1. The molecule has 0 fully saturated rings. The molecule has 1 N–H and O–H groups in total. The Morgan fingerprint density at radius 2 is 1.93 bits per heavy atom. The summed E-state index contributed by atoms with van der Waals surface area (Å²) in [7, 11) is 1.48. The number of carbonyl (C=O) groups is 2. The van der Waals surface area contributed by atoms with E-state index in [9.17, 15) is 9.59 Å². The van der Waals surface area contributed by atoms with Crippen molar-refractivity contribution in [2.45, 2.75) is 4.90 Å². The highest BCUT2D eigenvalue weighted by molar-refractivity contribution is 7.98. The van der Waals surface area contributed by atoms with Crippen LogP contribution in [0.4, 0.5) is 5.69 Å². The summed E-state index contributed by atoms with van der Waals surface area (Å²) in [6.45, 7) is -0.487. The van der Waals surface area contributed by atoms with Gasteiger partial charge in [-0.1, -0.05) is 6.07 Å². The third-order valence-electron chi connectivity index (χ3n) is 3.61. The highest BCUT2D eigenvalue weighted by atomic mass is 32.2. The molecule has 0 aliphatic heterocycles. The van der Waals surface area contributed by atoms with Gasteiger partial charge in [0, 0.05) is 16.7 Å². The maximum Gasteiger partial charge on any atom is 0.331 e. The molecule has 0 atom stereocenters. The first-order valence-corrected chi connectivity index (χ1v) is 9.74. The second-order valence-corrected chi connectivity index (χ2v) is 6.45. The van der Waals surface area contributed by atoms with Crippen LogP contribution in [0.5, 0.6) is 11.5 Å². The summed E-state index contributed by atoms with van der Waals surface area (Å²) >= 11 is 1.60. The zero-order valence-corrected chi connectivity index (χ0v) is 16.8. The van der Waals surface area contributed by atoms with Gasteiger partial charge in [-0.25, -0.2) is 4.79 Å². The zero-order valence-electron chi connectivity index (χ0n) is 16.0. The Morgan fingerprint density at radius 1 is 1.17 bits per heavy atom. The standard InChI is InChI=1S/C21H20N2O5S/c1-26-19-13-15(3-9-18(19)27-12-11-22)4-10-21(25)28-14-20(24)23-16-5-7-17(29-2)8-6-16/h3-10,13H,12,14H2,1-2H3,(H,23,24)/b10-4+. The van der Waals surface area contributed by atoms with Gasteiger partial charge < -0.3 is 19.5 Å². The van der Waals surface area contributed by atoms with E-state index >= 15 is 0 Å². The second kappa shape index (κ2) is 11.4. The number of rotatable bonds is 9. The molecular weight excluding hydrogens is 392 g/mol. The number of amides is 1. The molecule has 2 aromatic carbocycles. The summed E-state index contributed by atoms with van der Waals surface area (Å²) in [6, 6.07) is 14.2. The topological polar surface area (TPSA) is 97.7 Å². The zero-order chi connectivity index (χ0) is 21.1. The molecule has 29 heavy (non-hydrogen) atoms. The highest BCUT2D eigenvalue weighted by Crippen LogP contribution is 2.28. The van der Waals surface area contributed by atoms with Gasteiger partial charge in [0.1, 0.15) is 6.07 Å². The number of esters is 1. The van der Waals surface area contributed by atoms with Crippen molar-refractivity contribution >= 4 is 35.4 Å². The molecule has 0 radical (unpaired) electrons. The van der Waals surface area contributed by atoms with Crippen LogP contribution in [0, 0.1) is 11.3 Å². The van der Waals surface area contributed by atoms with Crippen LogP contribution < -0.4 is 14.8 Å². The van der Waals surface area contributed by atoms with Crippen LogP contribution >= 0.6 is 11.8 Å². The fourth-order valence-electron chi connectivity index (χ4n) is 2.24. The van der Waals surface area contributed by atoms with Crippen LogP contribution in [0.15, 0.2) is 53.4 Å². The van der Waals surface area contributed by atoms with Crippen LogP contribution in [0.25, 0.3) is 6.08 Å². The minimum atomic E-state index is -0.651. The number of benzene rings is 2. The van der Waals surface area contributed by atoms with Crippen molar-refractivity contribution in [1.82, 2.24) is 0 Å². The summed E-state index contributed by atoms with van der Waals surface area (Å²) < 4.78 is 15.4. The normalized spacial score (nSPS) is 10.2. The van der Waals surface area contributed by atoms with E-state index in [1.807, 2.05) is 24.5 Å². The Hall–Kier alpha value is -3.44. The Morgan fingerprint density at radius 3 is 2.59 bits per heavy atom. The average Bonchev–Trinajstić information content (AvgIpc) is 2.75. The van der Waals surface area contributed by atoms with Crippen molar-refractivity contribution in [2.75, 3.05) is 31.9 Å². The lowest BCUT2D eigenvalue weighted by atomic mass is 10.2. The lowest BCUT2D eigenvalue weighted by Crippen LogP contribution is -2.20. The Kier molecular flexibility index (Phi) is 8.60. The fourth-order valence-corrected chi connectivity index (χ4v) is 2.65. The quantitative estimate of drug-likeness (QED) is 0.382. The number of ether oxygens (including phenoxy) is 3. The van der Waals surface area contributed by atoms with Gasteiger partial charge in [0.15, 0.2) is 24.7 Å². The van der Waals surface area contributed by atoms with Crippen LogP contribution in [-0.2, 0) is 14.3 Å². The molecule has 0 aliphatic carbocycles. The summed E-state index contributed by atoms with van der Waals surface area (Å²) in [5.74, 6) is -0.218. The first-order valence-electron chi connectivity index (χ1n) is 8.52. The van der Waals surface area contributed by atoms with Crippen molar-refractivity contribution in [3.05, 3.63) is 54.1 Å². The average molecular weight is 412 g/mol. The first-order chi connectivity index (χ1) is 14.0. The number of nitriles is 1. The van der Waals surface area contributed by atoms with E-state index in [0.717, 1.165) is 4.90 Å². The van der Waals surface area contributed by atoms with E-state index in [1.165, 1.54) is 19.3 Å². The molecule has 0 spiro atoms. The largest absolute Gasteiger partial charge is 0.493 e. The lowest BCUT2D eigenvalue weighted by molar-refractivity contribution is -0.142. The fraction of sp³-hybridized carbons (Fsp3) is 0.190. The van der Waals surface area contributed by atoms with E-state index < -0.39 is 18.5 Å². The molecule has 0 saturated heterocycles. The van der Waals surface area contributed by atoms with Crippen LogP contribution in [0.2, 0.25) is 0 Å². The molecule has 8 heteroatoms. The maximum absolute atomic E-state index is 11.9. The van der Waals surface area contributed by atoms with Crippen LogP contribution in [-0.4, -0.2) is 38.5 Å². The summed E-state index contributed by atoms with van der Waals surface area (Å²) in [4.78, 5) is 24.8. The van der Waals surface area contributed by atoms with Crippen LogP contribution in [0.3, 0.4) is 0 Å². The molecule has 0 aliphatic rings. The minimum absolute atomic E-state index is 0.0956. The summed E-state index contributed by atoms with van der Waals surface area (Å²) in [5.41, 5.74) is 1.30. The molecule has 7 nitrogen and oxygen atoms in total. The van der Waals surface area contributed by atoms with Crippen molar-refractivity contribution in [3.63, 3.8) is 0 Å². The predicted octanol–water partition coefficient (Wildman–Crippen LogP) is 3.51. The number of hydrogen-bond acceptors (Lipinski definition) is 7. The van der Waals surface area contributed by atoms with Gasteiger partial charge in [-0.2, -0.15) is 5.26 Å². The number of carbonyl (C=O) groups excluding carboxylic acids is 2. The second-order valence-electron chi connectivity index (χ2n) is 5.57. The lowest BCUT2D eigenvalue weighted by Gasteiger charge is -2.08. The molecule has 0 aromatic heterocycles. The van der Waals surface area contributed by atoms with Gasteiger partial charge >= 0.3 is 5.97 Å². The molecule has 0 heterocycles. The van der Waals surface area contributed by atoms with Crippen molar-refractivity contribution in [2.24, 2.45) is 0 Å². The molecule has 2 rings (SSSR count). The predicted molar refractivity (Wildman–Crippen MR) is 111 cm³/mol. The van der Waals surface area contributed by atoms with Crippen LogP contribution in [0.1, 0.15) is 5.56 Å². The van der Waals surface area contributed by atoms with Crippen molar-refractivity contribution in [1.29, 1.82) is 5.26 Å². The van der Waals surface area contributed by atoms with E-state index in [4.69, 9.17) is 19.5 Å². The summed E-state index contributed by atoms with van der Waals surface area (Å²) in [5, 5.41) is 11.2. The molecule has 150 valence electrons. The highest BCUT2D eigenvalue weighted by Gasteiger charge is 2.07. The molecule has 0 bridgehead atoms. The maximum atomic E-state index is 11.9. The number of nitrogens with zero attached hydrogens (tertiary/aromatic N) is 1. The van der Waals surface area contributed by atoms with Gasteiger partial charge in [0.05, 0.1) is 7.11 Å². The molecule has 1 amide bonds. The number of hydrogen-bond donors (Lipinski definition) is 1. The minimum Gasteiger partial charge on any atom is -0.493 e. The molecular formula is C21H20N2O5S. The van der Waals surface area contributed by atoms with Gasteiger partial charge in [0.25, 0.3) is 5.91 Å². The monoisotopic (exact) mass is 412 g/mol. The van der Waals surface area contributed by atoms with E-state index in [1.54, 1.807) is 42.1 Å². The van der Waals surface area contributed by atoms with Gasteiger partial charge in [0.2, 0.25) is 0 Å². The Bertz CT molecular complexity index is 920. The third kappa shape index (κ3) is 7.24. The van der Waals surface area contributed by atoms with E-state index in [0.29, 0.717) is 22.7 Å². The van der Waals surface area contributed by atoms with Gasteiger partial charge in [-0.15, -0.1) is 11.8 Å². The van der Waals surface area contributed by atoms with E-state index in [-0.39, 0.29) is 6.61 Å². The Balaban J connectivity index is 1.85.